The van der Waals surface area contributed by atoms with E-state index in [9.17, 15) is 33.9 Å². The molecule has 13 heteroatoms. The first-order valence-corrected chi connectivity index (χ1v) is 8.00. The van der Waals surface area contributed by atoms with E-state index in [0.29, 0.717) is 0 Å². The number of carboxylic acid groups (broad SMARTS) is 3. The van der Waals surface area contributed by atoms with Crippen LogP contribution >= 0.6 is 0 Å². The molecule has 1 rings (SSSR count). The van der Waals surface area contributed by atoms with Crippen molar-refractivity contribution >= 4 is 35.8 Å². The molecule has 0 fully saturated rings. The van der Waals surface area contributed by atoms with Gasteiger partial charge < -0.3 is 34.6 Å². The maximum absolute atomic E-state index is 12.3. The first-order chi connectivity index (χ1) is 14.0. The Hall–Kier alpha value is -4.00. The van der Waals surface area contributed by atoms with E-state index in [1.807, 2.05) is 0 Å². The fraction of sp³-hybridized carbons (Fsp3) is 0.294. The van der Waals surface area contributed by atoms with Crippen molar-refractivity contribution in [2.75, 3.05) is 6.61 Å². The zero-order chi connectivity index (χ0) is 22.8. The number of esters is 3. The lowest BCUT2D eigenvalue weighted by Gasteiger charge is -2.22. The van der Waals surface area contributed by atoms with Gasteiger partial charge in [0.25, 0.3) is 0 Å². The molecule has 0 saturated heterocycles. The predicted octanol–water partition coefficient (Wildman–Crippen LogP) is -1.33. The lowest BCUT2D eigenvalue weighted by molar-refractivity contribution is -0.183. The van der Waals surface area contributed by atoms with Gasteiger partial charge in [0, 0.05) is 0 Å². The van der Waals surface area contributed by atoms with Crippen molar-refractivity contribution in [1.29, 1.82) is 0 Å². The maximum atomic E-state index is 12.3. The number of ether oxygens (including phenoxy) is 3. The molecular formula is C17H16O13. The van der Waals surface area contributed by atoms with Gasteiger partial charge in [-0.1, -0.05) is 18.2 Å². The minimum Gasteiger partial charge on any atom is -0.481 e. The van der Waals surface area contributed by atoms with Crippen LogP contribution in [0.15, 0.2) is 30.3 Å². The minimum absolute atomic E-state index is 0.115. The third kappa shape index (κ3) is 7.55. The van der Waals surface area contributed by atoms with Gasteiger partial charge in [0.05, 0.1) is 12.0 Å². The highest BCUT2D eigenvalue weighted by Crippen LogP contribution is 2.12. The van der Waals surface area contributed by atoms with E-state index >= 15 is 0 Å². The van der Waals surface area contributed by atoms with E-state index in [0.717, 1.165) is 0 Å². The monoisotopic (exact) mass is 428 g/mol. The van der Waals surface area contributed by atoms with Gasteiger partial charge in [-0.2, -0.15) is 0 Å². The standard InChI is InChI=1S/C17H16O13/c18-10(19)6-9(16(26)28-7-11(20)21)29-17(27)13(12(22)14(23)24)30-15(25)8-4-2-1-3-5-8/h1-5,9,12-13,22H,6-7H2,(H,18,19)(H,20,21)(H,23,24). The summed E-state index contributed by atoms with van der Waals surface area (Å²) in [6.07, 6.45) is -8.47. The summed E-state index contributed by atoms with van der Waals surface area (Å²) in [4.78, 5) is 68.4. The fourth-order valence-electron chi connectivity index (χ4n) is 1.89. The molecule has 0 amide bonds. The SMILES string of the molecule is O=C(O)COC(=O)C(CC(=O)O)OC(=O)C(OC(=O)c1ccccc1)C(O)C(=O)O. The van der Waals surface area contributed by atoms with E-state index in [4.69, 9.17) is 15.3 Å². The molecule has 3 unspecified atom stereocenters. The molecule has 0 aliphatic rings. The second-order valence-electron chi connectivity index (χ2n) is 5.50. The van der Waals surface area contributed by atoms with Crippen molar-refractivity contribution < 1.29 is 63.4 Å². The van der Waals surface area contributed by atoms with E-state index in [1.165, 1.54) is 24.3 Å². The summed E-state index contributed by atoms with van der Waals surface area (Å²) in [5.74, 6) is -9.78. The second-order valence-corrected chi connectivity index (χ2v) is 5.50. The third-order valence-corrected chi connectivity index (χ3v) is 3.23. The summed E-state index contributed by atoms with van der Waals surface area (Å²) in [5.41, 5.74) is -0.115. The molecule has 0 heterocycles. The number of aliphatic hydroxyl groups is 1. The van der Waals surface area contributed by atoms with Crippen LogP contribution in [-0.4, -0.2) is 81.2 Å². The van der Waals surface area contributed by atoms with E-state index in [1.54, 1.807) is 6.07 Å². The summed E-state index contributed by atoms with van der Waals surface area (Å²) in [6.45, 7) is -1.17. The van der Waals surface area contributed by atoms with Crippen molar-refractivity contribution in [3.8, 4) is 0 Å². The van der Waals surface area contributed by atoms with E-state index in [2.05, 4.69) is 14.2 Å². The summed E-state index contributed by atoms with van der Waals surface area (Å²) in [5, 5.41) is 35.9. The fourth-order valence-corrected chi connectivity index (χ4v) is 1.89. The molecule has 0 saturated carbocycles. The van der Waals surface area contributed by atoms with Crippen molar-refractivity contribution in [1.82, 2.24) is 0 Å². The third-order valence-electron chi connectivity index (χ3n) is 3.23. The van der Waals surface area contributed by atoms with E-state index < -0.39 is 67.2 Å². The molecule has 1 aromatic rings. The lowest BCUT2D eigenvalue weighted by atomic mass is 10.2. The quantitative estimate of drug-likeness (QED) is 0.238. The Morgan fingerprint density at radius 1 is 0.833 bits per heavy atom. The average Bonchev–Trinajstić information content (AvgIpc) is 2.69. The highest BCUT2D eigenvalue weighted by molar-refractivity contribution is 5.94. The Labute approximate surface area is 167 Å². The zero-order valence-corrected chi connectivity index (χ0v) is 15.0. The molecule has 0 bridgehead atoms. The van der Waals surface area contributed by atoms with Crippen molar-refractivity contribution in [3.63, 3.8) is 0 Å². The highest BCUT2D eigenvalue weighted by atomic mass is 16.6. The Kier molecular flexibility index (Phi) is 8.90. The van der Waals surface area contributed by atoms with Gasteiger partial charge in [-0.15, -0.1) is 0 Å². The summed E-state index contributed by atoms with van der Waals surface area (Å²) < 4.78 is 13.4. The van der Waals surface area contributed by atoms with Crippen molar-refractivity contribution in [3.05, 3.63) is 35.9 Å². The molecular weight excluding hydrogens is 412 g/mol. The largest absolute Gasteiger partial charge is 0.481 e. The summed E-state index contributed by atoms with van der Waals surface area (Å²) in [6, 6.07) is 6.92. The number of carbonyl (C=O) groups is 6. The van der Waals surface area contributed by atoms with Gasteiger partial charge in [0.1, 0.15) is 0 Å². The minimum atomic E-state index is -2.62. The molecule has 0 aliphatic carbocycles. The van der Waals surface area contributed by atoms with Gasteiger partial charge in [0.2, 0.25) is 12.2 Å². The topological polar surface area (TPSA) is 211 Å². The Morgan fingerprint density at radius 2 is 1.43 bits per heavy atom. The number of hydrogen-bond donors (Lipinski definition) is 4. The number of benzene rings is 1. The average molecular weight is 428 g/mol. The Bertz CT molecular complexity index is 816. The molecule has 162 valence electrons. The normalized spacial score (nSPS) is 13.2. The van der Waals surface area contributed by atoms with Crippen LogP contribution in [0, 0.1) is 0 Å². The molecule has 13 nitrogen and oxygen atoms in total. The molecule has 0 radical (unpaired) electrons. The van der Waals surface area contributed by atoms with Gasteiger partial charge in [-0.25, -0.2) is 24.0 Å². The van der Waals surface area contributed by atoms with Crippen LogP contribution in [0.4, 0.5) is 0 Å². The van der Waals surface area contributed by atoms with Crippen LogP contribution in [-0.2, 0) is 38.2 Å². The molecule has 0 aromatic heterocycles. The summed E-state index contributed by atoms with van der Waals surface area (Å²) in [7, 11) is 0. The maximum Gasteiger partial charge on any atom is 0.351 e. The van der Waals surface area contributed by atoms with Crippen LogP contribution in [0.3, 0.4) is 0 Å². The molecule has 3 atom stereocenters. The zero-order valence-electron chi connectivity index (χ0n) is 15.0. The Morgan fingerprint density at radius 3 is 1.93 bits per heavy atom. The van der Waals surface area contributed by atoms with Gasteiger partial charge in [-0.05, 0) is 12.1 Å². The molecule has 0 spiro atoms. The van der Waals surface area contributed by atoms with Crippen LogP contribution in [0.1, 0.15) is 16.8 Å². The van der Waals surface area contributed by atoms with Gasteiger partial charge in [-0.3, -0.25) is 4.79 Å². The van der Waals surface area contributed by atoms with E-state index in [-0.39, 0.29) is 5.56 Å². The van der Waals surface area contributed by atoms with Crippen LogP contribution < -0.4 is 0 Å². The number of carbonyl (C=O) groups excluding carboxylic acids is 3. The number of aliphatic carboxylic acids is 3. The first kappa shape index (κ1) is 24.0. The molecule has 0 aliphatic heterocycles. The summed E-state index contributed by atoms with van der Waals surface area (Å²) >= 11 is 0. The van der Waals surface area contributed by atoms with Gasteiger partial charge in [0.15, 0.2) is 12.7 Å². The number of hydrogen-bond acceptors (Lipinski definition) is 10. The Balaban J connectivity index is 3.03. The molecule has 1 aromatic carbocycles. The van der Waals surface area contributed by atoms with Crippen LogP contribution in [0.5, 0.6) is 0 Å². The highest BCUT2D eigenvalue weighted by Gasteiger charge is 2.40. The molecule has 30 heavy (non-hydrogen) atoms. The first-order valence-electron chi connectivity index (χ1n) is 8.00. The molecule has 4 N–H and O–H groups in total. The number of rotatable bonds is 11. The smallest absolute Gasteiger partial charge is 0.351 e. The predicted molar refractivity (Wildman–Crippen MR) is 90.0 cm³/mol. The number of aliphatic hydroxyl groups excluding tert-OH is 1. The lowest BCUT2D eigenvalue weighted by Crippen LogP contribution is -2.46. The second kappa shape index (κ2) is 11.1. The van der Waals surface area contributed by atoms with Crippen LogP contribution in [0.25, 0.3) is 0 Å². The van der Waals surface area contributed by atoms with Gasteiger partial charge >= 0.3 is 35.8 Å². The van der Waals surface area contributed by atoms with Crippen molar-refractivity contribution in [2.24, 2.45) is 0 Å². The van der Waals surface area contributed by atoms with Crippen LogP contribution in [0.2, 0.25) is 0 Å². The number of carboxylic acids is 3. The van der Waals surface area contributed by atoms with Crippen molar-refractivity contribution in [2.45, 2.75) is 24.7 Å².